The maximum atomic E-state index is 11.4. The maximum absolute atomic E-state index is 11.4. The summed E-state index contributed by atoms with van der Waals surface area (Å²) in [6, 6.07) is 5.72. The Morgan fingerprint density at radius 2 is 2.00 bits per heavy atom. The summed E-state index contributed by atoms with van der Waals surface area (Å²) in [5.74, 6) is -1.79. The first-order valence-corrected chi connectivity index (χ1v) is 6.88. The van der Waals surface area contributed by atoms with Crippen LogP contribution in [0.3, 0.4) is 0 Å². The average Bonchev–Trinajstić information content (AvgIpc) is 2.34. The molecule has 0 saturated heterocycles. The molecule has 0 heterocycles. The molecular formula is C10H12N2O6S. The molecule has 0 bridgehead atoms. The van der Waals surface area contributed by atoms with Crippen molar-refractivity contribution in [1.82, 2.24) is 4.72 Å². The minimum atomic E-state index is -3.77. The molecule has 0 amide bonds. The fourth-order valence-electron chi connectivity index (χ4n) is 1.32. The molecule has 1 rings (SSSR count). The van der Waals surface area contributed by atoms with Crippen molar-refractivity contribution in [2.45, 2.75) is 13.0 Å². The van der Waals surface area contributed by atoms with E-state index in [9.17, 15) is 23.3 Å². The number of hydrogen-bond donors (Lipinski definition) is 2. The van der Waals surface area contributed by atoms with Gasteiger partial charge in [-0.15, -0.1) is 0 Å². The van der Waals surface area contributed by atoms with E-state index in [-0.39, 0.29) is 17.8 Å². The summed E-state index contributed by atoms with van der Waals surface area (Å²) in [7, 11) is -3.77. The number of nitrogens with one attached hydrogen (secondary N) is 1. The standard InChI is InChI=1S/C10H12N2O6S/c13-10(14)5-6-19(17,18)11-7-8-3-1-2-4-9(8)12(15)16/h1-4,11H,5-7H2,(H,13,14). The van der Waals surface area contributed by atoms with Crippen molar-refractivity contribution < 1.29 is 23.2 Å². The van der Waals surface area contributed by atoms with Crippen molar-refractivity contribution in [3.63, 3.8) is 0 Å². The zero-order chi connectivity index (χ0) is 14.5. The third-order valence-electron chi connectivity index (χ3n) is 2.26. The first kappa shape index (κ1) is 15.1. The fraction of sp³-hybridized carbons (Fsp3) is 0.300. The normalized spacial score (nSPS) is 11.2. The number of rotatable bonds is 7. The van der Waals surface area contributed by atoms with E-state index >= 15 is 0 Å². The van der Waals surface area contributed by atoms with Crippen molar-refractivity contribution in [3.05, 3.63) is 39.9 Å². The van der Waals surface area contributed by atoms with Crippen LogP contribution in [-0.4, -0.2) is 30.2 Å². The highest BCUT2D eigenvalue weighted by Gasteiger charge is 2.16. The van der Waals surface area contributed by atoms with Crippen LogP contribution in [0, 0.1) is 10.1 Å². The first-order chi connectivity index (χ1) is 8.82. The molecule has 0 saturated carbocycles. The van der Waals surface area contributed by atoms with Crippen LogP contribution in [0.25, 0.3) is 0 Å². The molecule has 0 aliphatic rings. The van der Waals surface area contributed by atoms with Gasteiger partial charge in [-0.3, -0.25) is 14.9 Å². The number of benzene rings is 1. The number of aliphatic carboxylic acids is 1. The molecule has 19 heavy (non-hydrogen) atoms. The Balaban J connectivity index is 2.72. The number of para-hydroxylation sites is 1. The van der Waals surface area contributed by atoms with Crippen LogP contribution in [0.15, 0.2) is 24.3 Å². The van der Waals surface area contributed by atoms with Gasteiger partial charge < -0.3 is 5.11 Å². The van der Waals surface area contributed by atoms with Crippen LogP contribution >= 0.6 is 0 Å². The van der Waals surface area contributed by atoms with E-state index in [0.29, 0.717) is 0 Å². The molecule has 0 unspecified atom stereocenters. The lowest BCUT2D eigenvalue weighted by molar-refractivity contribution is -0.385. The zero-order valence-corrected chi connectivity index (χ0v) is 10.6. The Bertz CT molecular complexity index is 583. The van der Waals surface area contributed by atoms with E-state index in [1.54, 1.807) is 6.07 Å². The van der Waals surface area contributed by atoms with Crippen LogP contribution in [0.5, 0.6) is 0 Å². The Morgan fingerprint density at radius 3 is 2.58 bits per heavy atom. The van der Waals surface area contributed by atoms with E-state index in [0.717, 1.165) is 0 Å². The van der Waals surface area contributed by atoms with Gasteiger partial charge in [0.05, 0.1) is 17.1 Å². The maximum Gasteiger partial charge on any atom is 0.304 e. The molecule has 2 N–H and O–H groups in total. The fourth-order valence-corrected chi connectivity index (χ4v) is 2.28. The summed E-state index contributed by atoms with van der Waals surface area (Å²) in [6.07, 6.45) is -0.522. The van der Waals surface area contributed by atoms with Crippen LogP contribution in [0.1, 0.15) is 12.0 Å². The number of carboxylic acid groups (broad SMARTS) is 1. The number of nitrogens with zero attached hydrogens (tertiary/aromatic N) is 1. The van der Waals surface area contributed by atoms with Gasteiger partial charge in [-0.25, -0.2) is 13.1 Å². The Kier molecular flexibility index (Phi) is 4.95. The van der Waals surface area contributed by atoms with E-state index in [4.69, 9.17) is 5.11 Å². The molecule has 0 aliphatic carbocycles. The third-order valence-corrected chi connectivity index (χ3v) is 3.58. The summed E-state index contributed by atoms with van der Waals surface area (Å²) < 4.78 is 25.0. The highest BCUT2D eigenvalue weighted by atomic mass is 32.2. The highest BCUT2D eigenvalue weighted by molar-refractivity contribution is 7.89. The first-order valence-electron chi connectivity index (χ1n) is 5.23. The predicted octanol–water partition coefficient (Wildman–Crippen LogP) is 0.489. The van der Waals surface area contributed by atoms with Crippen molar-refractivity contribution >= 4 is 21.7 Å². The molecule has 1 aromatic carbocycles. The van der Waals surface area contributed by atoms with Crippen molar-refractivity contribution in [1.29, 1.82) is 0 Å². The average molecular weight is 288 g/mol. The van der Waals surface area contributed by atoms with Gasteiger partial charge in [-0.2, -0.15) is 0 Å². The van der Waals surface area contributed by atoms with Gasteiger partial charge in [0.25, 0.3) is 5.69 Å². The van der Waals surface area contributed by atoms with E-state index in [1.807, 2.05) is 0 Å². The number of carbonyl (C=O) groups is 1. The van der Waals surface area contributed by atoms with Gasteiger partial charge in [0.15, 0.2) is 0 Å². The molecule has 0 fully saturated rings. The van der Waals surface area contributed by atoms with E-state index in [2.05, 4.69) is 4.72 Å². The second kappa shape index (κ2) is 6.25. The monoisotopic (exact) mass is 288 g/mol. The molecule has 9 heteroatoms. The Hall–Kier alpha value is -2.00. The van der Waals surface area contributed by atoms with Crippen molar-refractivity contribution in [2.75, 3.05) is 5.75 Å². The molecule has 0 spiro atoms. The Labute approximate surface area is 109 Å². The van der Waals surface area contributed by atoms with Crippen LogP contribution < -0.4 is 4.72 Å². The predicted molar refractivity (Wildman–Crippen MR) is 66.0 cm³/mol. The van der Waals surface area contributed by atoms with Crippen LogP contribution in [-0.2, 0) is 21.4 Å². The molecule has 104 valence electrons. The minimum Gasteiger partial charge on any atom is -0.481 e. The van der Waals surface area contributed by atoms with Gasteiger partial charge in [0.1, 0.15) is 0 Å². The van der Waals surface area contributed by atoms with Crippen molar-refractivity contribution in [3.8, 4) is 0 Å². The summed E-state index contributed by atoms with van der Waals surface area (Å²) in [5, 5.41) is 19.1. The van der Waals surface area contributed by atoms with Crippen LogP contribution in [0.2, 0.25) is 0 Å². The second-order valence-electron chi connectivity index (χ2n) is 3.67. The largest absolute Gasteiger partial charge is 0.481 e. The second-order valence-corrected chi connectivity index (χ2v) is 5.60. The quantitative estimate of drug-likeness (QED) is 0.555. The third kappa shape index (κ3) is 5.02. The molecule has 1 aromatic rings. The van der Waals surface area contributed by atoms with Gasteiger partial charge in [-0.1, -0.05) is 18.2 Å². The van der Waals surface area contributed by atoms with E-state index < -0.39 is 33.1 Å². The molecule has 0 radical (unpaired) electrons. The zero-order valence-electron chi connectivity index (χ0n) is 9.77. The molecule has 0 atom stereocenters. The number of hydrogen-bond acceptors (Lipinski definition) is 5. The lowest BCUT2D eigenvalue weighted by Gasteiger charge is -2.06. The van der Waals surface area contributed by atoms with Crippen LogP contribution in [0.4, 0.5) is 5.69 Å². The van der Waals surface area contributed by atoms with Crippen molar-refractivity contribution in [2.24, 2.45) is 0 Å². The van der Waals surface area contributed by atoms with E-state index in [1.165, 1.54) is 18.2 Å². The highest BCUT2D eigenvalue weighted by Crippen LogP contribution is 2.17. The number of nitro groups is 1. The summed E-state index contributed by atoms with van der Waals surface area (Å²) in [6.45, 7) is -0.251. The summed E-state index contributed by atoms with van der Waals surface area (Å²) in [4.78, 5) is 20.4. The topological polar surface area (TPSA) is 127 Å². The molecule has 0 aromatic heterocycles. The summed E-state index contributed by atoms with van der Waals surface area (Å²) >= 11 is 0. The molecular weight excluding hydrogens is 276 g/mol. The van der Waals surface area contributed by atoms with Gasteiger partial charge in [-0.05, 0) is 0 Å². The van der Waals surface area contributed by atoms with Gasteiger partial charge >= 0.3 is 5.97 Å². The molecule has 8 nitrogen and oxygen atoms in total. The number of carboxylic acids is 1. The smallest absolute Gasteiger partial charge is 0.304 e. The molecule has 0 aliphatic heterocycles. The minimum absolute atomic E-state index is 0.191. The van der Waals surface area contributed by atoms with Gasteiger partial charge in [0.2, 0.25) is 10.0 Å². The lowest BCUT2D eigenvalue weighted by Crippen LogP contribution is -2.27. The SMILES string of the molecule is O=C(O)CCS(=O)(=O)NCc1ccccc1[N+](=O)[O-]. The number of sulfonamides is 1. The Morgan fingerprint density at radius 1 is 1.37 bits per heavy atom. The van der Waals surface area contributed by atoms with Gasteiger partial charge in [0, 0.05) is 18.2 Å². The lowest BCUT2D eigenvalue weighted by atomic mass is 10.2. The number of nitro benzene ring substituents is 1. The summed E-state index contributed by atoms with van der Waals surface area (Å²) in [5.41, 5.74) is 0.0230.